The van der Waals surface area contributed by atoms with Crippen molar-refractivity contribution >= 4 is 5.91 Å². The summed E-state index contributed by atoms with van der Waals surface area (Å²) in [6.45, 7) is 8.60. The Morgan fingerprint density at radius 2 is 1.78 bits per heavy atom. The molecular weight excluding hydrogens is 340 g/mol. The van der Waals surface area contributed by atoms with Crippen LogP contribution in [0.25, 0.3) is 0 Å². The molecule has 0 aliphatic heterocycles. The predicted molar refractivity (Wildman–Crippen MR) is 108 cm³/mol. The summed E-state index contributed by atoms with van der Waals surface area (Å²) in [5.74, 6) is 1.01. The molecule has 2 N–H and O–H groups in total. The van der Waals surface area contributed by atoms with E-state index in [1.54, 1.807) is 7.11 Å². The van der Waals surface area contributed by atoms with Crippen LogP contribution in [0.4, 0.5) is 0 Å². The van der Waals surface area contributed by atoms with E-state index < -0.39 is 0 Å². The standard InChI is InChI=1S/C22H30N2O3/c1-16(18-9-7-6-8-10-18)23-14-17-11-12-19(20(13-17)26-5)27-15-21(25)24-22(2,3)4/h6-13,16,23H,14-15H2,1-5H3,(H,24,25). The van der Waals surface area contributed by atoms with E-state index in [0.717, 1.165) is 5.56 Å². The summed E-state index contributed by atoms with van der Waals surface area (Å²) < 4.78 is 11.1. The summed E-state index contributed by atoms with van der Waals surface area (Å²) in [6, 6.07) is 16.3. The Balaban J connectivity index is 1.94. The largest absolute Gasteiger partial charge is 0.493 e. The van der Waals surface area contributed by atoms with Crippen LogP contribution in [0.3, 0.4) is 0 Å². The molecule has 5 heteroatoms. The highest BCUT2D eigenvalue weighted by Crippen LogP contribution is 2.28. The van der Waals surface area contributed by atoms with Crippen molar-refractivity contribution in [3.05, 3.63) is 59.7 Å². The van der Waals surface area contributed by atoms with Gasteiger partial charge in [-0.2, -0.15) is 0 Å². The van der Waals surface area contributed by atoms with E-state index in [0.29, 0.717) is 18.0 Å². The van der Waals surface area contributed by atoms with Crippen LogP contribution in [-0.4, -0.2) is 25.2 Å². The third-order valence-corrected chi connectivity index (χ3v) is 4.01. The van der Waals surface area contributed by atoms with Crippen molar-refractivity contribution < 1.29 is 14.3 Å². The molecule has 0 aliphatic rings. The molecule has 2 aromatic carbocycles. The second kappa shape index (κ2) is 9.42. The maximum Gasteiger partial charge on any atom is 0.258 e. The molecule has 1 amide bonds. The highest BCUT2D eigenvalue weighted by Gasteiger charge is 2.15. The number of carbonyl (C=O) groups is 1. The predicted octanol–water partition coefficient (Wildman–Crippen LogP) is 3.84. The van der Waals surface area contributed by atoms with E-state index in [9.17, 15) is 4.79 Å². The molecule has 27 heavy (non-hydrogen) atoms. The molecule has 0 bridgehead atoms. The fraction of sp³-hybridized carbons (Fsp3) is 0.409. The van der Waals surface area contributed by atoms with Gasteiger partial charge in [0.15, 0.2) is 18.1 Å². The van der Waals surface area contributed by atoms with Gasteiger partial charge in [-0.1, -0.05) is 36.4 Å². The maximum atomic E-state index is 11.9. The minimum Gasteiger partial charge on any atom is -0.493 e. The van der Waals surface area contributed by atoms with Crippen LogP contribution in [0.15, 0.2) is 48.5 Å². The SMILES string of the molecule is COc1cc(CNC(C)c2ccccc2)ccc1OCC(=O)NC(C)(C)C. The molecule has 1 unspecified atom stereocenters. The van der Waals surface area contributed by atoms with Crippen molar-refractivity contribution in [1.82, 2.24) is 10.6 Å². The van der Waals surface area contributed by atoms with Crippen molar-refractivity contribution in [3.63, 3.8) is 0 Å². The molecule has 0 aliphatic carbocycles. The number of rotatable bonds is 8. The van der Waals surface area contributed by atoms with Gasteiger partial charge >= 0.3 is 0 Å². The van der Waals surface area contributed by atoms with Crippen LogP contribution >= 0.6 is 0 Å². The second-order valence-electron chi connectivity index (χ2n) is 7.59. The molecule has 2 rings (SSSR count). The Labute approximate surface area is 162 Å². The molecule has 5 nitrogen and oxygen atoms in total. The van der Waals surface area contributed by atoms with Crippen molar-refractivity contribution in [3.8, 4) is 11.5 Å². The van der Waals surface area contributed by atoms with E-state index in [1.807, 2.05) is 57.2 Å². The number of hydrogen-bond donors (Lipinski definition) is 2. The highest BCUT2D eigenvalue weighted by atomic mass is 16.5. The van der Waals surface area contributed by atoms with Crippen LogP contribution in [0, 0.1) is 0 Å². The first-order chi connectivity index (χ1) is 12.8. The summed E-state index contributed by atoms with van der Waals surface area (Å²) in [7, 11) is 1.60. The van der Waals surface area contributed by atoms with E-state index >= 15 is 0 Å². The van der Waals surface area contributed by atoms with Crippen LogP contribution in [0.2, 0.25) is 0 Å². The van der Waals surface area contributed by atoms with Gasteiger partial charge in [-0.15, -0.1) is 0 Å². The molecular formula is C22H30N2O3. The zero-order chi connectivity index (χ0) is 19.9. The van der Waals surface area contributed by atoms with E-state index in [1.165, 1.54) is 5.56 Å². The van der Waals surface area contributed by atoms with E-state index in [4.69, 9.17) is 9.47 Å². The van der Waals surface area contributed by atoms with Gasteiger partial charge in [0.25, 0.3) is 5.91 Å². The minimum atomic E-state index is -0.282. The van der Waals surface area contributed by atoms with Gasteiger partial charge in [0, 0.05) is 18.1 Å². The van der Waals surface area contributed by atoms with Crippen LogP contribution < -0.4 is 20.1 Å². The summed E-state index contributed by atoms with van der Waals surface area (Å²) >= 11 is 0. The Bertz CT molecular complexity index is 739. The van der Waals surface area contributed by atoms with Crippen LogP contribution in [0.1, 0.15) is 44.9 Å². The quantitative estimate of drug-likeness (QED) is 0.741. The first kappa shape index (κ1) is 20.8. The lowest BCUT2D eigenvalue weighted by atomic mass is 10.1. The molecule has 0 radical (unpaired) electrons. The highest BCUT2D eigenvalue weighted by molar-refractivity contribution is 5.78. The Morgan fingerprint density at radius 1 is 1.07 bits per heavy atom. The van der Waals surface area contributed by atoms with Gasteiger partial charge in [0.05, 0.1) is 7.11 Å². The lowest BCUT2D eigenvalue weighted by Crippen LogP contribution is -2.43. The van der Waals surface area contributed by atoms with Crippen molar-refractivity contribution in [2.24, 2.45) is 0 Å². The number of hydrogen-bond acceptors (Lipinski definition) is 4. The normalized spacial score (nSPS) is 12.3. The number of amides is 1. The molecule has 0 heterocycles. The topological polar surface area (TPSA) is 59.6 Å². The first-order valence-electron chi connectivity index (χ1n) is 9.17. The first-order valence-corrected chi connectivity index (χ1v) is 9.17. The average molecular weight is 370 g/mol. The number of methoxy groups -OCH3 is 1. The van der Waals surface area contributed by atoms with E-state index in [2.05, 4.69) is 29.7 Å². The lowest BCUT2D eigenvalue weighted by Gasteiger charge is -2.21. The molecule has 0 aromatic heterocycles. The van der Waals surface area contributed by atoms with E-state index in [-0.39, 0.29) is 24.1 Å². The molecule has 146 valence electrons. The second-order valence-corrected chi connectivity index (χ2v) is 7.59. The Kier molecular flexibility index (Phi) is 7.25. The molecule has 0 saturated carbocycles. The summed E-state index contributed by atoms with van der Waals surface area (Å²) in [5.41, 5.74) is 2.05. The van der Waals surface area contributed by atoms with Crippen molar-refractivity contribution in [2.45, 2.75) is 45.8 Å². The molecule has 2 aromatic rings. The fourth-order valence-electron chi connectivity index (χ4n) is 2.67. The third-order valence-electron chi connectivity index (χ3n) is 4.01. The van der Waals surface area contributed by atoms with Gasteiger partial charge in [0.2, 0.25) is 0 Å². The van der Waals surface area contributed by atoms with Gasteiger partial charge < -0.3 is 20.1 Å². The molecule has 0 saturated heterocycles. The smallest absolute Gasteiger partial charge is 0.258 e. The lowest BCUT2D eigenvalue weighted by molar-refractivity contribution is -0.124. The number of nitrogens with one attached hydrogen (secondary N) is 2. The van der Waals surface area contributed by atoms with Crippen molar-refractivity contribution in [2.75, 3.05) is 13.7 Å². The maximum absolute atomic E-state index is 11.9. The monoisotopic (exact) mass is 370 g/mol. The molecule has 0 fully saturated rings. The summed E-state index contributed by atoms with van der Waals surface area (Å²) in [6.07, 6.45) is 0. The summed E-state index contributed by atoms with van der Waals surface area (Å²) in [4.78, 5) is 11.9. The number of carbonyl (C=O) groups excluding carboxylic acids is 1. The third kappa shape index (κ3) is 6.94. The average Bonchev–Trinajstić information content (AvgIpc) is 2.64. The summed E-state index contributed by atoms with van der Waals surface area (Å²) in [5, 5.41) is 6.37. The zero-order valence-electron chi connectivity index (χ0n) is 16.8. The number of benzene rings is 2. The van der Waals surface area contributed by atoms with Crippen LogP contribution in [0.5, 0.6) is 11.5 Å². The van der Waals surface area contributed by atoms with Crippen LogP contribution in [-0.2, 0) is 11.3 Å². The van der Waals surface area contributed by atoms with Gasteiger partial charge in [0.1, 0.15) is 0 Å². The van der Waals surface area contributed by atoms with Gasteiger partial charge in [-0.05, 0) is 51.0 Å². The molecule has 0 spiro atoms. The van der Waals surface area contributed by atoms with Gasteiger partial charge in [-0.25, -0.2) is 0 Å². The van der Waals surface area contributed by atoms with Crippen molar-refractivity contribution in [1.29, 1.82) is 0 Å². The number of ether oxygens (including phenoxy) is 2. The Morgan fingerprint density at radius 3 is 2.41 bits per heavy atom. The van der Waals surface area contributed by atoms with Gasteiger partial charge in [-0.3, -0.25) is 4.79 Å². The Hall–Kier alpha value is -2.53. The fourth-order valence-corrected chi connectivity index (χ4v) is 2.67. The zero-order valence-corrected chi connectivity index (χ0v) is 16.8. The minimum absolute atomic E-state index is 0.0454. The molecule has 1 atom stereocenters.